The SMILES string of the molecule is [B]B([B])B([B])B(B([B])[B])B1C(CCCO)C1CCCO[Si](C)(C)C(C)(C)C. The van der Waals surface area contributed by atoms with E-state index >= 15 is 0 Å². The van der Waals surface area contributed by atoms with Gasteiger partial charge in [0.15, 0.2) is 8.32 Å². The Kier molecular flexibility index (Phi) is 10.2. The molecule has 27 heavy (non-hydrogen) atoms. The maximum atomic E-state index is 9.21. The van der Waals surface area contributed by atoms with Crippen LogP contribution in [-0.2, 0) is 4.43 Å². The Morgan fingerprint density at radius 1 is 0.963 bits per heavy atom. The summed E-state index contributed by atoms with van der Waals surface area (Å²) >= 11 is 0. The zero-order chi connectivity index (χ0) is 21.0. The van der Waals surface area contributed by atoms with Crippen LogP contribution >= 0.6 is 0 Å². The molecule has 2 atom stereocenters. The van der Waals surface area contributed by atoms with Crippen molar-refractivity contribution in [2.45, 2.75) is 76.2 Å². The molecule has 0 aromatic rings. The fourth-order valence-electron chi connectivity index (χ4n) is 4.07. The molecule has 0 aliphatic carbocycles. The molecule has 0 amide bonds. The average Bonchev–Trinajstić information content (AvgIpc) is 3.20. The smallest absolute Gasteiger partial charge is 0.191 e. The summed E-state index contributed by atoms with van der Waals surface area (Å²) in [5, 5.41) is 9.43. The van der Waals surface area contributed by atoms with Crippen LogP contribution in [0.25, 0.3) is 0 Å². The molecule has 1 fully saturated rings. The topological polar surface area (TPSA) is 29.5 Å². The van der Waals surface area contributed by atoms with Gasteiger partial charge < -0.3 is 9.53 Å². The van der Waals surface area contributed by atoms with Crippen LogP contribution < -0.4 is 0 Å². The molecule has 0 aromatic carbocycles. The van der Waals surface area contributed by atoms with Crippen LogP contribution in [0.1, 0.15) is 46.5 Å². The lowest BCUT2D eigenvalue weighted by Gasteiger charge is -2.36. The number of rotatable bonds is 12. The highest BCUT2D eigenvalue weighted by molar-refractivity contribution is 8.01. The van der Waals surface area contributed by atoms with Crippen molar-refractivity contribution in [1.82, 2.24) is 0 Å². The standard InChI is InChI=1S/C14H30B10O2Si/c1-14(2,3)27(4,5)26-11-7-9-13-12(8-6-10-25)20(13)24(22(17)18)23(19)21(15)16/h12-13,25H,6-11H2,1-5H3. The minimum Gasteiger partial charge on any atom is -0.417 e. The molecular weight excluding hydrogens is 336 g/mol. The molecule has 2 nitrogen and oxygen atoms in total. The Balaban J connectivity index is 2.65. The maximum Gasteiger partial charge on any atom is 0.191 e. The monoisotopic (exact) mass is 368 g/mol. The second-order valence-corrected chi connectivity index (χ2v) is 14.6. The molecule has 0 spiro atoms. The van der Waals surface area contributed by atoms with Gasteiger partial charge in [-0.3, -0.25) is 0 Å². The van der Waals surface area contributed by atoms with Crippen LogP contribution in [0.4, 0.5) is 0 Å². The summed E-state index contributed by atoms with van der Waals surface area (Å²) in [4.78, 5) is 0. The highest BCUT2D eigenvalue weighted by atomic mass is 28.4. The van der Waals surface area contributed by atoms with Gasteiger partial charge in [0.2, 0.25) is 0 Å². The Bertz CT molecular complexity index is 448. The van der Waals surface area contributed by atoms with Crippen LogP contribution in [0.5, 0.6) is 0 Å². The van der Waals surface area contributed by atoms with E-state index in [4.69, 9.17) is 43.1 Å². The molecule has 13 heteroatoms. The van der Waals surface area contributed by atoms with Gasteiger partial charge in [0, 0.05) is 77.4 Å². The van der Waals surface area contributed by atoms with Crippen molar-refractivity contribution in [1.29, 1.82) is 0 Å². The first-order chi connectivity index (χ1) is 12.3. The molecule has 0 bridgehead atoms. The molecule has 1 rings (SSSR count). The van der Waals surface area contributed by atoms with Gasteiger partial charge >= 0.3 is 0 Å². The fourth-order valence-corrected chi connectivity index (χ4v) is 5.16. The summed E-state index contributed by atoms with van der Waals surface area (Å²) < 4.78 is 6.30. The van der Waals surface area contributed by atoms with Gasteiger partial charge in [0.05, 0.1) is 6.60 Å². The minimum absolute atomic E-state index is 0.0972. The van der Waals surface area contributed by atoms with Gasteiger partial charge in [-0.1, -0.05) is 45.2 Å². The Morgan fingerprint density at radius 3 is 1.89 bits per heavy atom. The zero-order valence-corrected chi connectivity index (χ0v) is 19.0. The first kappa shape index (κ1) is 25.8. The lowest BCUT2D eigenvalue weighted by molar-refractivity contribution is 0.276. The van der Waals surface area contributed by atoms with E-state index in [0.29, 0.717) is 18.2 Å². The van der Waals surface area contributed by atoms with Gasteiger partial charge in [0.1, 0.15) is 0 Å². The molecule has 2 unspecified atom stereocenters. The van der Waals surface area contributed by atoms with Crippen LogP contribution in [0, 0.1) is 0 Å². The summed E-state index contributed by atoms with van der Waals surface area (Å²) in [5.74, 6) is 0.985. The van der Waals surface area contributed by atoms with Crippen molar-refractivity contribution < 1.29 is 9.53 Å². The first-order valence-electron chi connectivity index (χ1n) is 10.4. The highest BCUT2D eigenvalue weighted by Gasteiger charge is 2.57. The third kappa shape index (κ3) is 7.21. The van der Waals surface area contributed by atoms with Gasteiger partial charge in [-0.25, -0.2) is 0 Å². The normalized spacial score (nSPS) is 19.7. The Morgan fingerprint density at radius 2 is 1.48 bits per heavy atom. The van der Waals surface area contributed by atoms with Crippen molar-refractivity contribution in [2.24, 2.45) is 0 Å². The molecule has 10 radical (unpaired) electrons. The third-order valence-electron chi connectivity index (χ3n) is 6.82. The lowest BCUT2D eigenvalue weighted by atomic mass is 8.57. The molecule has 1 N–H and O–H groups in total. The summed E-state index contributed by atoms with van der Waals surface area (Å²) in [7, 11) is 28.3. The predicted molar refractivity (Wildman–Crippen MR) is 134 cm³/mol. The lowest BCUT2D eigenvalue weighted by Crippen LogP contribution is -2.63. The summed E-state index contributed by atoms with van der Waals surface area (Å²) in [6.45, 7) is 12.6. The fraction of sp³-hybridized carbons (Fsp3) is 1.00. The first-order valence-corrected chi connectivity index (χ1v) is 13.3. The average molecular weight is 367 g/mol. The zero-order valence-electron chi connectivity index (χ0n) is 18.0. The molecule has 1 heterocycles. The van der Waals surface area contributed by atoms with Crippen molar-refractivity contribution >= 4 is 79.1 Å². The van der Waals surface area contributed by atoms with E-state index in [1.165, 1.54) is 0 Å². The van der Waals surface area contributed by atoms with E-state index in [1.54, 1.807) is 0 Å². The molecule has 0 aromatic heterocycles. The van der Waals surface area contributed by atoms with Crippen LogP contribution in [0.3, 0.4) is 0 Å². The van der Waals surface area contributed by atoms with E-state index in [2.05, 4.69) is 33.9 Å². The molecular formula is C14H30B10O2Si. The van der Waals surface area contributed by atoms with Gasteiger partial charge in [-0.15, -0.1) is 0 Å². The molecule has 1 saturated heterocycles. The summed E-state index contributed by atoms with van der Waals surface area (Å²) in [5.41, 5.74) is 0. The second kappa shape index (κ2) is 10.7. The molecule has 0 saturated carbocycles. The molecule has 132 valence electrons. The second-order valence-electron chi connectivity index (χ2n) is 9.83. The minimum atomic E-state index is -1.71. The van der Waals surface area contributed by atoms with E-state index in [0.717, 1.165) is 32.3 Å². The van der Waals surface area contributed by atoms with E-state index in [-0.39, 0.29) is 18.0 Å². The van der Waals surface area contributed by atoms with Crippen molar-refractivity contribution in [2.75, 3.05) is 13.2 Å². The van der Waals surface area contributed by atoms with Crippen LogP contribution in [0.15, 0.2) is 0 Å². The van der Waals surface area contributed by atoms with Gasteiger partial charge in [-0.05, 0) is 31.0 Å². The van der Waals surface area contributed by atoms with E-state index in [9.17, 15) is 5.11 Å². The third-order valence-corrected chi connectivity index (χ3v) is 11.4. The van der Waals surface area contributed by atoms with Crippen molar-refractivity contribution in [3.63, 3.8) is 0 Å². The highest BCUT2D eigenvalue weighted by Crippen LogP contribution is 2.56. The number of hydrogen-bond acceptors (Lipinski definition) is 2. The van der Waals surface area contributed by atoms with Crippen molar-refractivity contribution in [3.8, 4) is 0 Å². The predicted octanol–water partition coefficient (Wildman–Crippen LogP) is 0.428. The van der Waals surface area contributed by atoms with Crippen LogP contribution in [-0.4, -0.2) is 97.5 Å². The number of aliphatic hydroxyl groups excluding tert-OH is 1. The summed E-state index contributed by atoms with van der Waals surface area (Å²) in [6.07, 6.45) is 2.14. The Labute approximate surface area is 178 Å². The summed E-state index contributed by atoms with van der Waals surface area (Å²) in [6, 6.07) is 0. The van der Waals surface area contributed by atoms with E-state index in [1.807, 2.05) is 0 Å². The van der Waals surface area contributed by atoms with E-state index < -0.39 is 27.5 Å². The van der Waals surface area contributed by atoms with Crippen molar-refractivity contribution in [3.05, 3.63) is 0 Å². The quantitative estimate of drug-likeness (QED) is 0.401. The van der Waals surface area contributed by atoms with Gasteiger partial charge in [-0.2, -0.15) is 0 Å². The number of aliphatic hydroxyl groups is 1. The molecule has 1 aliphatic heterocycles. The number of hydrogen-bond donors (Lipinski definition) is 1. The Hall–Kier alpha value is 0.786. The maximum absolute atomic E-state index is 9.21. The largest absolute Gasteiger partial charge is 0.417 e. The van der Waals surface area contributed by atoms with Gasteiger partial charge in [0.25, 0.3) is 0 Å². The van der Waals surface area contributed by atoms with Crippen LogP contribution in [0.2, 0.25) is 29.8 Å². The molecule has 1 aliphatic rings.